The molecule has 3 aromatic rings. The number of halogens is 1. The largest absolute Gasteiger partial charge is 0.350 e. The topological polar surface area (TPSA) is 113 Å². The van der Waals surface area contributed by atoms with Crippen molar-refractivity contribution in [3.8, 4) is 11.4 Å². The van der Waals surface area contributed by atoms with Crippen molar-refractivity contribution >= 4 is 18.3 Å². The van der Waals surface area contributed by atoms with E-state index in [4.69, 9.17) is 0 Å². The Hall–Kier alpha value is -2.78. The molecule has 1 aromatic carbocycles. The number of tetrazole rings is 1. The summed E-state index contributed by atoms with van der Waals surface area (Å²) in [4.78, 5) is 12.4. The van der Waals surface area contributed by atoms with Gasteiger partial charge in [-0.1, -0.05) is 18.2 Å². The van der Waals surface area contributed by atoms with Crippen molar-refractivity contribution in [2.45, 2.75) is 31.8 Å². The number of hydrogen-bond donors (Lipinski definition) is 3. The number of aromatic amines is 1. The average molecular weight is 403 g/mol. The summed E-state index contributed by atoms with van der Waals surface area (Å²) in [5.41, 5.74) is 2.95. The van der Waals surface area contributed by atoms with Crippen molar-refractivity contribution in [1.82, 2.24) is 41.0 Å². The SMILES string of the molecule is Cl.O=C(Cn1nccc1C1CCCNC1)NCc1cccc(-c2nn[nH]n2)c1. The van der Waals surface area contributed by atoms with E-state index < -0.39 is 0 Å². The van der Waals surface area contributed by atoms with Gasteiger partial charge in [0.15, 0.2) is 0 Å². The van der Waals surface area contributed by atoms with Crippen LogP contribution in [0.15, 0.2) is 36.5 Å². The molecule has 1 unspecified atom stereocenters. The summed E-state index contributed by atoms with van der Waals surface area (Å²) in [5.74, 6) is 0.889. The Balaban J connectivity index is 0.00000225. The van der Waals surface area contributed by atoms with Crippen LogP contribution in [0.5, 0.6) is 0 Å². The highest BCUT2D eigenvalue weighted by Crippen LogP contribution is 2.22. The van der Waals surface area contributed by atoms with Gasteiger partial charge in [-0.25, -0.2) is 0 Å². The molecule has 1 atom stereocenters. The number of amides is 1. The van der Waals surface area contributed by atoms with Crippen molar-refractivity contribution in [2.24, 2.45) is 0 Å². The average Bonchev–Trinajstić information content (AvgIpc) is 3.39. The molecule has 1 amide bonds. The predicted octanol–water partition coefficient (Wildman–Crippen LogP) is 1.27. The number of piperidine rings is 1. The fourth-order valence-electron chi connectivity index (χ4n) is 3.42. The van der Waals surface area contributed by atoms with E-state index in [9.17, 15) is 4.79 Å². The molecule has 148 valence electrons. The van der Waals surface area contributed by atoms with E-state index >= 15 is 0 Å². The number of nitrogens with one attached hydrogen (secondary N) is 3. The van der Waals surface area contributed by atoms with Crippen LogP contribution in [0.2, 0.25) is 0 Å². The number of H-pyrrole nitrogens is 1. The van der Waals surface area contributed by atoms with Crippen LogP contribution in [-0.2, 0) is 17.9 Å². The Labute approximate surface area is 168 Å². The maximum atomic E-state index is 12.4. The summed E-state index contributed by atoms with van der Waals surface area (Å²) >= 11 is 0. The lowest BCUT2D eigenvalue weighted by atomic mass is 9.96. The molecule has 10 heteroatoms. The summed E-state index contributed by atoms with van der Waals surface area (Å²) in [6, 6.07) is 9.73. The molecule has 0 bridgehead atoms. The molecule has 1 aliphatic rings. The number of aromatic nitrogens is 6. The van der Waals surface area contributed by atoms with E-state index in [1.165, 1.54) is 0 Å². The van der Waals surface area contributed by atoms with Gasteiger partial charge in [-0.15, -0.1) is 22.6 Å². The third kappa shape index (κ3) is 4.73. The van der Waals surface area contributed by atoms with Crippen LogP contribution < -0.4 is 10.6 Å². The van der Waals surface area contributed by atoms with Gasteiger partial charge in [0, 0.05) is 36.5 Å². The molecule has 0 spiro atoms. The maximum Gasteiger partial charge on any atom is 0.242 e. The minimum absolute atomic E-state index is 0. The second kappa shape index (κ2) is 9.43. The van der Waals surface area contributed by atoms with Crippen LogP contribution in [0.25, 0.3) is 11.4 Å². The molecule has 1 saturated heterocycles. The molecule has 0 radical (unpaired) electrons. The van der Waals surface area contributed by atoms with Gasteiger partial charge in [0.05, 0.1) is 0 Å². The van der Waals surface area contributed by atoms with E-state index in [2.05, 4.69) is 36.4 Å². The first-order valence-electron chi connectivity index (χ1n) is 9.11. The van der Waals surface area contributed by atoms with E-state index in [0.29, 0.717) is 18.3 Å². The molecule has 1 fully saturated rings. The number of hydrogen-bond acceptors (Lipinski definition) is 6. The lowest BCUT2D eigenvalue weighted by Gasteiger charge is -2.23. The zero-order chi connectivity index (χ0) is 18.5. The highest BCUT2D eigenvalue weighted by Gasteiger charge is 2.19. The molecule has 0 aliphatic carbocycles. The van der Waals surface area contributed by atoms with Crippen LogP contribution in [0.3, 0.4) is 0 Å². The fraction of sp³-hybridized carbons (Fsp3) is 0.389. The summed E-state index contributed by atoms with van der Waals surface area (Å²) in [5, 5.41) is 24.7. The molecule has 1 aliphatic heterocycles. The summed E-state index contributed by atoms with van der Waals surface area (Å²) in [6.45, 7) is 2.67. The zero-order valence-electron chi connectivity index (χ0n) is 15.3. The number of carbonyl (C=O) groups is 1. The second-order valence-corrected chi connectivity index (χ2v) is 6.67. The minimum Gasteiger partial charge on any atom is -0.350 e. The molecular formula is C18H23ClN8O. The standard InChI is InChI=1S/C18H22N8O.ClH/c27-17(12-26-16(6-8-21-26)15-5-2-7-19-11-15)20-10-13-3-1-4-14(9-13)18-22-24-25-23-18;/h1,3-4,6,8-9,15,19H,2,5,7,10-12H2,(H,20,27)(H,22,23,24,25);1H. The monoisotopic (exact) mass is 402 g/mol. The number of carbonyl (C=O) groups excluding carboxylic acids is 1. The van der Waals surface area contributed by atoms with Crippen molar-refractivity contribution < 1.29 is 4.79 Å². The van der Waals surface area contributed by atoms with Gasteiger partial charge in [-0.05, 0) is 42.3 Å². The van der Waals surface area contributed by atoms with Crippen LogP contribution >= 0.6 is 12.4 Å². The quantitative estimate of drug-likeness (QED) is 0.572. The third-order valence-corrected chi connectivity index (χ3v) is 4.78. The highest BCUT2D eigenvalue weighted by molar-refractivity contribution is 5.85. The Morgan fingerprint density at radius 2 is 2.25 bits per heavy atom. The van der Waals surface area contributed by atoms with Crippen molar-refractivity contribution in [3.63, 3.8) is 0 Å². The van der Waals surface area contributed by atoms with Gasteiger partial charge < -0.3 is 10.6 Å². The number of rotatable bonds is 6. The molecular weight excluding hydrogens is 380 g/mol. The second-order valence-electron chi connectivity index (χ2n) is 6.67. The first kappa shape index (κ1) is 20.0. The van der Waals surface area contributed by atoms with Gasteiger partial charge >= 0.3 is 0 Å². The molecule has 0 saturated carbocycles. The summed E-state index contributed by atoms with van der Waals surface area (Å²) in [7, 11) is 0. The van der Waals surface area contributed by atoms with Crippen LogP contribution in [0.1, 0.15) is 30.0 Å². The van der Waals surface area contributed by atoms with Crippen molar-refractivity contribution in [3.05, 3.63) is 47.8 Å². The van der Waals surface area contributed by atoms with Crippen molar-refractivity contribution in [2.75, 3.05) is 13.1 Å². The van der Waals surface area contributed by atoms with Gasteiger partial charge in [0.25, 0.3) is 0 Å². The molecule has 4 rings (SSSR count). The van der Waals surface area contributed by atoms with E-state index in [1.807, 2.05) is 35.0 Å². The summed E-state index contributed by atoms with van der Waals surface area (Å²) in [6.07, 6.45) is 4.05. The third-order valence-electron chi connectivity index (χ3n) is 4.78. The Morgan fingerprint density at radius 3 is 3.04 bits per heavy atom. The molecule has 2 aromatic heterocycles. The van der Waals surface area contributed by atoms with Crippen LogP contribution in [0, 0.1) is 0 Å². The Morgan fingerprint density at radius 1 is 1.32 bits per heavy atom. The minimum atomic E-state index is -0.0614. The Bertz CT molecular complexity index is 889. The molecule has 28 heavy (non-hydrogen) atoms. The first-order valence-corrected chi connectivity index (χ1v) is 9.11. The van der Waals surface area contributed by atoms with Crippen LogP contribution in [-0.4, -0.2) is 49.4 Å². The van der Waals surface area contributed by atoms with E-state index in [0.717, 1.165) is 42.8 Å². The van der Waals surface area contributed by atoms with Gasteiger partial charge in [-0.3, -0.25) is 9.48 Å². The van der Waals surface area contributed by atoms with Gasteiger partial charge in [0.1, 0.15) is 6.54 Å². The molecule has 9 nitrogen and oxygen atoms in total. The van der Waals surface area contributed by atoms with Crippen molar-refractivity contribution in [1.29, 1.82) is 0 Å². The lowest BCUT2D eigenvalue weighted by Crippen LogP contribution is -2.32. The first-order chi connectivity index (χ1) is 13.3. The van der Waals surface area contributed by atoms with E-state index in [-0.39, 0.29) is 24.9 Å². The number of nitrogens with zero attached hydrogens (tertiary/aromatic N) is 5. The number of benzene rings is 1. The highest BCUT2D eigenvalue weighted by atomic mass is 35.5. The smallest absolute Gasteiger partial charge is 0.242 e. The van der Waals surface area contributed by atoms with Crippen LogP contribution in [0.4, 0.5) is 0 Å². The zero-order valence-corrected chi connectivity index (χ0v) is 16.2. The molecule has 3 heterocycles. The van der Waals surface area contributed by atoms with Gasteiger partial charge in [-0.2, -0.15) is 10.3 Å². The predicted molar refractivity (Wildman–Crippen MR) is 106 cm³/mol. The summed E-state index contributed by atoms with van der Waals surface area (Å²) < 4.78 is 1.81. The Kier molecular flexibility index (Phi) is 6.72. The normalized spacial score (nSPS) is 16.4. The maximum absolute atomic E-state index is 12.4. The van der Waals surface area contributed by atoms with E-state index in [1.54, 1.807) is 6.20 Å². The fourth-order valence-corrected chi connectivity index (χ4v) is 3.42. The van der Waals surface area contributed by atoms with Gasteiger partial charge in [0.2, 0.25) is 11.7 Å². The lowest BCUT2D eigenvalue weighted by molar-refractivity contribution is -0.122. The molecule has 3 N–H and O–H groups in total.